The van der Waals surface area contributed by atoms with E-state index in [0.717, 1.165) is 31.5 Å². The first-order chi connectivity index (χ1) is 12.5. The summed E-state index contributed by atoms with van der Waals surface area (Å²) < 4.78 is 36.8. The molecule has 0 unspecified atom stereocenters. The zero-order valence-electron chi connectivity index (χ0n) is 15.5. The Morgan fingerprint density at radius 1 is 1.41 bits per heavy atom. The Labute approximate surface area is 175 Å². The molecule has 1 atom stereocenters. The van der Waals surface area contributed by atoms with Gasteiger partial charge in [0.15, 0.2) is 17.5 Å². The second-order valence-corrected chi connectivity index (χ2v) is 5.93. The van der Waals surface area contributed by atoms with Gasteiger partial charge < -0.3 is 19.7 Å². The van der Waals surface area contributed by atoms with Crippen molar-refractivity contribution in [2.45, 2.75) is 19.8 Å². The average Bonchev–Trinajstić information content (AvgIpc) is 2.63. The number of nitrogens with one attached hydrogen (secondary N) is 1. The number of carbonyl (C=O) groups is 1. The standard InChI is InChI=1S/C18H25F2N3O3.HI/c1-3-25-17(24)13-5-4-9-23(12-13)18(21-2)22-8-10-26-16-7-6-14(19)11-15(16)20;/h6-7,11,13H,3-5,8-10,12H2,1-2H3,(H,21,22);1H/t13-;/m1./s1. The van der Waals surface area contributed by atoms with Crippen LogP contribution in [0, 0.1) is 17.6 Å². The van der Waals surface area contributed by atoms with Gasteiger partial charge in [-0.25, -0.2) is 8.78 Å². The monoisotopic (exact) mass is 497 g/mol. The van der Waals surface area contributed by atoms with E-state index < -0.39 is 11.6 Å². The van der Waals surface area contributed by atoms with Crippen LogP contribution in [0.5, 0.6) is 5.75 Å². The van der Waals surface area contributed by atoms with Crippen LogP contribution >= 0.6 is 24.0 Å². The Kier molecular flexibility index (Phi) is 10.3. The summed E-state index contributed by atoms with van der Waals surface area (Å²) in [5, 5.41) is 3.13. The lowest BCUT2D eigenvalue weighted by Crippen LogP contribution is -2.49. The highest BCUT2D eigenvalue weighted by Crippen LogP contribution is 2.18. The van der Waals surface area contributed by atoms with Crippen molar-refractivity contribution in [3.63, 3.8) is 0 Å². The molecule has 0 radical (unpaired) electrons. The predicted octanol–water partition coefficient (Wildman–Crippen LogP) is 2.81. The van der Waals surface area contributed by atoms with Crippen LogP contribution in [0.15, 0.2) is 23.2 Å². The first kappa shape index (κ1) is 23.4. The van der Waals surface area contributed by atoms with Gasteiger partial charge in [-0.05, 0) is 31.9 Å². The molecule has 27 heavy (non-hydrogen) atoms. The quantitative estimate of drug-likeness (QED) is 0.216. The minimum Gasteiger partial charge on any atom is -0.489 e. The number of benzene rings is 1. The Morgan fingerprint density at radius 2 is 2.19 bits per heavy atom. The molecular formula is C18H26F2IN3O3. The normalized spacial score (nSPS) is 17.1. The molecule has 6 nitrogen and oxygen atoms in total. The highest BCUT2D eigenvalue weighted by Gasteiger charge is 2.28. The van der Waals surface area contributed by atoms with Crippen molar-refractivity contribution in [3.05, 3.63) is 29.8 Å². The first-order valence-corrected chi connectivity index (χ1v) is 8.75. The smallest absolute Gasteiger partial charge is 0.310 e. The van der Waals surface area contributed by atoms with Crippen LogP contribution < -0.4 is 10.1 Å². The number of guanidine groups is 1. The van der Waals surface area contributed by atoms with Crippen molar-refractivity contribution in [1.29, 1.82) is 0 Å². The molecule has 0 bridgehead atoms. The summed E-state index contributed by atoms with van der Waals surface area (Å²) in [5.74, 6) is -1.06. The molecule has 152 valence electrons. The Balaban J connectivity index is 0.00000364. The van der Waals surface area contributed by atoms with Gasteiger partial charge in [0.2, 0.25) is 0 Å². The third-order valence-electron chi connectivity index (χ3n) is 4.09. The zero-order valence-corrected chi connectivity index (χ0v) is 17.9. The van der Waals surface area contributed by atoms with E-state index in [0.29, 0.717) is 25.7 Å². The molecule has 0 spiro atoms. The number of rotatable bonds is 6. The molecule has 0 saturated carbocycles. The molecule has 1 N–H and O–H groups in total. The van der Waals surface area contributed by atoms with Crippen LogP contribution in [0.1, 0.15) is 19.8 Å². The Hall–Kier alpha value is -1.65. The Bertz CT molecular complexity index is 646. The van der Waals surface area contributed by atoms with Gasteiger partial charge in [0, 0.05) is 26.2 Å². The van der Waals surface area contributed by atoms with Crippen molar-refractivity contribution in [1.82, 2.24) is 10.2 Å². The number of esters is 1. The fraction of sp³-hybridized carbons (Fsp3) is 0.556. The van der Waals surface area contributed by atoms with Gasteiger partial charge in [-0.1, -0.05) is 0 Å². The summed E-state index contributed by atoms with van der Waals surface area (Å²) in [6.07, 6.45) is 1.68. The highest BCUT2D eigenvalue weighted by atomic mass is 127. The second kappa shape index (κ2) is 11.9. The minimum atomic E-state index is -0.734. The average molecular weight is 497 g/mol. The summed E-state index contributed by atoms with van der Waals surface area (Å²) in [7, 11) is 1.66. The molecule has 1 heterocycles. The largest absolute Gasteiger partial charge is 0.489 e. The summed E-state index contributed by atoms with van der Waals surface area (Å²) >= 11 is 0. The molecule has 0 aliphatic carbocycles. The van der Waals surface area contributed by atoms with E-state index in [1.807, 2.05) is 4.90 Å². The lowest BCUT2D eigenvalue weighted by atomic mass is 9.98. The molecule has 0 amide bonds. The van der Waals surface area contributed by atoms with E-state index in [2.05, 4.69) is 10.3 Å². The number of carbonyl (C=O) groups excluding carboxylic acids is 1. The SMILES string of the molecule is CCOC(=O)[C@@H]1CCCN(C(=NC)NCCOc2ccc(F)cc2F)C1.I. The number of piperidine rings is 1. The zero-order chi connectivity index (χ0) is 18.9. The van der Waals surface area contributed by atoms with Crippen LogP contribution in [0.4, 0.5) is 8.78 Å². The molecule has 1 aromatic rings. The van der Waals surface area contributed by atoms with E-state index >= 15 is 0 Å². The Morgan fingerprint density at radius 3 is 2.85 bits per heavy atom. The molecule has 9 heteroatoms. The molecule has 1 aliphatic rings. The van der Waals surface area contributed by atoms with E-state index in [9.17, 15) is 13.6 Å². The van der Waals surface area contributed by atoms with Crippen molar-refractivity contribution in [2.24, 2.45) is 10.9 Å². The number of aliphatic imine (C=N–C) groups is 1. The highest BCUT2D eigenvalue weighted by molar-refractivity contribution is 14.0. The number of ether oxygens (including phenoxy) is 2. The third-order valence-corrected chi connectivity index (χ3v) is 4.09. The first-order valence-electron chi connectivity index (χ1n) is 8.75. The van der Waals surface area contributed by atoms with Crippen molar-refractivity contribution < 1.29 is 23.0 Å². The van der Waals surface area contributed by atoms with E-state index in [4.69, 9.17) is 9.47 Å². The molecule has 1 aromatic carbocycles. The maximum atomic E-state index is 13.5. The van der Waals surface area contributed by atoms with E-state index in [1.54, 1.807) is 14.0 Å². The summed E-state index contributed by atoms with van der Waals surface area (Å²) in [6.45, 7) is 4.10. The van der Waals surface area contributed by atoms with Crippen LogP contribution in [0.2, 0.25) is 0 Å². The van der Waals surface area contributed by atoms with Crippen LogP contribution in [0.25, 0.3) is 0 Å². The molecule has 0 aromatic heterocycles. The fourth-order valence-electron chi connectivity index (χ4n) is 2.87. The maximum Gasteiger partial charge on any atom is 0.310 e. The molecular weight excluding hydrogens is 471 g/mol. The van der Waals surface area contributed by atoms with Gasteiger partial charge in [-0.3, -0.25) is 9.79 Å². The molecule has 2 rings (SSSR count). The number of halogens is 3. The van der Waals surface area contributed by atoms with Gasteiger partial charge in [-0.15, -0.1) is 24.0 Å². The number of hydrogen-bond acceptors (Lipinski definition) is 4. The predicted molar refractivity (Wildman–Crippen MR) is 110 cm³/mol. The maximum absolute atomic E-state index is 13.5. The summed E-state index contributed by atoms with van der Waals surface area (Å²) in [5.41, 5.74) is 0. The van der Waals surface area contributed by atoms with Gasteiger partial charge in [0.25, 0.3) is 0 Å². The van der Waals surface area contributed by atoms with Crippen LogP contribution in [-0.2, 0) is 9.53 Å². The summed E-state index contributed by atoms with van der Waals surface area (Å²) in [4.78, 5) is 18.2. The van der Waals surface area contributed by atoms with Crippen molar-refractivity contribution in [3.8, 4) is 5.75 Å². The molecule has 1 saturated heterocycles. The fourth-order valence-corrected chi connectivity index (χ4v) is 2.87. The van der Waals surface area contributed by atoms with E-state index in [1.165, 1.54) is 6.07 Å². The molecule has 1 aliphatic heterocycles. The van der Waals surface area contributed by atoms with Crippen LogP contribution in [-0.4, -0.2) is 56.7 Å². The van der Waals surface area contributed by atoms with Crippen LogP contribution in [0.3, 0.4) is 0 Å². The third kappa shape index (κ3) is 7.11. The number of nitrogens with zero attached hydrogens (tertiary/aromatic N) is 2. The van der Waals surface area contributed by atoms with Gasteiger partial charge >= 0.3 is 5.97 Å². The second-order valence-electron chi connectivity index (χ2n) is 5.93. The topological polar surface area (TPSA) is 63.2 Å². The lowest BCUT2D eigenvalue weighted by Gasteiger charge is -2.33. The number of likely N-dealkylation sites (tertiary alicyclic amines) is 1. The van der Waals surface area contributed by atoms with Crippen molar-refractivity contribution in [2.75, 3.05) is 39.9 Å². The van der Waals surface area contributed by atoms with Gasteiger partial charge in [-0.2, -0.15) is 0 Å². The minimum absolute atomic E-state index is 0. The van der Waals surface area contributed by atoms with E-state index in [-0.39, 0.29) is 48.2 Å². The molecule has 1 fully saturated rings. The summed E-state index contributed by atoms with van der Waals surface area (Å²) in [6, 6.07) is 3.19. The van der Waals surface area contributed by atoms with Crippen molar-refractivity contribution >= 4 is 35.9 Å². The lowest BCUT2D eigenvalue weighted by molar-refractivity contribution is -0.149. The number of hydrogen-bond donors (Lipinski definition) is 1. The van der Waals surface area contributed by atoms with Gasteiger partial charge in [0.1, 0.15) is 12.4 Å². The van der Waals surface area contributed by atoms with Gasteiger partial charge in [0.05, 0.1) is 19.1 Å².